The standard InChI is InChI=1S/C9H15Br/c1-2-8(4-3-7-10)9-5-6-9/h4,9H,2-3,5-7H2,1H3/b8-4-. The molecule has 0 atom stereocenters. The smallest absolute Gasteiger partial charge is 0.00660 e. The maximum absolute atomic E-state index is 3.43. The van der Waals surface area contributed by atoms with Crippen molar-refractivity contribution < 1.29 is 0 Å². The second kappa shape index (κ2) is 4.17. The van der Waals surface area contributed by atoms with E-state index in [9.17, 15) is 0 Å². The maximum Gasteiger partial charge on any atom is 0.00660 e. The molecule has 0 N–H and O–H groups in total. The maximum atomic E-state index is 3.43. The molecular weight excluding hydrogens is 188 g/mol. The molecule has 0 bridgehead atoms. The van der Waals surface area contributed by atoms with Crippen molar-refractivity contribution in [3.8, 4) is 0 Å². The van der Waals surface area contributed by atoms with E-state index in [-0.39, 0.29) is 0 Å². The second-order valence-electron chi connectivity index (χ2n) is 2.88. The van der Waals surface area contributed by atoms with Crippen LogP contribution in [0.5, 0.6) is 0 Å². The van der Waals surface area contributed by atoms with Crippen LogP contribution in [0, 0.1) is 5.92 Å². The highest BCUT2D eigenvalue weighted by atomic mass is 79.9. The third-order valence-electron chi connectivity index (χ3n) is 2.03. The van der Waals surface area contributed by atoms with Crippen molar-refractivity contribution in [3.05, 3.63) is 11.6 Å². The summed E-state index contributed by atoms with van der Waals surface area (Å²) < 4.78 is 0. The van der Waals surface area contributed by atoms with Gasteiger partial charge in [-0.05, 0) is 31.6 Å². The number of hydrogen-bond donors (Lipinski definition) is 0. The zero-order valence-corrected chi connectivity index (χ0v) is 8.15. The van der Waals surface area contributed by atoms with Gasteiger partial charge in [0.05, 0.1) is 0 Å². The van der Waals surface area contributed by atoms with E-state index in [2.05, 4.69) is 28.9 Å². The first kappa shape index (κ1) is 8.32. The third kappa shape index (κ3) is 2.45. The molecule has 1 fully saturated rings. The highest BCUT2D eigenvalue weighted by molar-refractivity contribution is 9.09. The quantitative estimate of drug-likeness (QED) is 0.484. The molecule has 1 saturated carbocycles. The van der Waals surface area contributed by atoms with Crippen LogP contribution in [-0.4, -0.2) is 5.33 Å². The molecule has 1 aliphatic rings. The van der Waals surface area contributed by atoms with Gasteiger partial charge in [0.25, 0.3) is 0 Å². The Bertz CT molecular complexity index is 123. The van der Waals surface area contributed by atoms with Gasteiger partial charge in [0, 0.05) is 5.33 Å². The van der Waals surface area contributed by atoms with E-state index in [1.165, 1.54) is 25.7 Å². The Kier molecular flexibility index (Phi) is 3.47. The largest absolute Gasteiger partial charge is 0.0925 e. The lowest BCUT2D eigenvalue weighted by Gasteiger charge is -1.99. The van der Waals surface area contributed by atoms with Crippen LogP contribution >= 0.6 is 15.9 Å². The number of allylic oxidation sites excluding steroid dienone is 2. The molecule has 0 saturated heterocycles. The molecule has 0 spiro atoms. The van der Waals surface area contributed by atoms with Gasteiger partial charge in [-0.15, -0.1) is 0 Å². The van der Waals surface area contributed by atoms with E-state index < -0.39 is 0 Å². The van der Waals surface area contributed by atoms with Crippen molar-refractivity contribution in [2.75, 3.05) is 5.33 Å². The van der Waals surface area contributed by atoms with E-state index in [0.29, 0.717) is 0 Å². The number of halogens is 1. The normalized spacial score (nSPS) is 19.6. The van der Waals surface area contributed by atoms with Crippen molar-refractivity contribution in [1.82, 2.24) is 0 Å². The first-order valence-electron chi connectivity index (χ1n) is 4.13. The molecule has 10 heavy (non-hydrogen) atoms. The summed E-state index contributed by atoms with van der Waals surface area (Å²) in [4.78, 5) is 0. The van der Waals surface area contributed by atoms with Gasteiger partial charge >= 0.3 is 0 Å². The van der Waals surface area contributed by atoms with Crippen LogP contribution in [0.3, 0.4) is 0 Å². The lowest BCUT2D eigenvalue weighted by atomic mass is 10.1. The Hall–Kier alpha value is 0.220. The van der Waals surface area contributed by atoms with Gasteiger partial charge in [0.1, 0.15) is 0 Å². The molecule has 0 amide bonds. The second-order valence-corrected chi connectivity index (χ2v) is 3.68. The molecular formula is C9H15Br. The Balaban J connectivity index is 2.30. The van der Waals surface area contributed by atoms with Crippen LogP contribution in [0.25, 0.3) is 0 Å². The van der Waals surface area contributed by atoms with Gasteiger partial charge in [0.2, 0.25) is 0 Å². The predicted molar refractivity (Wildman–Crippen MR) is 49.5 cm³/mol. The Morgan fingerprint density at radius 1 is 1.60 bits per heavy atom. The minimum atomic E-state index is 0.976. The van der Waals surface area contributed by atoms with Gasteiger partial charge in [-0.2, -0.15) is 0 Å². The Labute approximate surface area is 71.8 Å². The lowest BCUT2D eigenvalue weighted by molar-refractivity contribution is 0.897. The van der Waals surface area contributed by atoms with Crippen LogP contribution in [0.1, 0.15) is 32.6 Å². The summed E-state index contributed by atoms with van der Waals surface area (Å²) in [7, 11) is 0. The average Bonchev–Trinajstić information content (AvgIpc) is 2.73. The first-order valence-corrected chi connectivity index (χ1v) is 5.25. The van der Waals surface area contributed by atoms with Crippen molar-refractivity contribution >= 4 is 15.9 Å². The van der Waals surface area contributed by atoms with E-state index >= 15 is 0 Å². The number of rotatable bonds is 4. The molecule has 0 radical (unpaired) electrons. The fraction of sp³-hybridized carbons (Fsp3) is 0.778. The summed E-state index contributed by atoms with van der Waals surface area (Å²) in [6, 6.07) is 0. The van der Waals surface area contributed by atoms with E-state index in [0.717, 1.165) is 11.2 Å². The van der Waals surface area contributed by atoms with Crippen molar-refractivity contribution in [3.63, 3.8) is 0 Å². The Morgan fingerprint density at radius 3 is 2.70 bits per heavy atom. The number of hydrogen-bond acceptors (Lipinski definition) is 0. The molecule has 0 aromatic carbocycles. The molecule has 0 aromatic rings. The highest BCUT2D eigenvalue weighted by Crippen LogP contribution is 2.37. The SMILES string of the molecule is CC/C(=C/CCBr)C1CC1. The fourth-order valence-electron chi connectivity index (χ4n) is 1.29. The van der Waals surface area contributed by atoms with Crippen LogP contribution in [0.2, 0.25) is 0 Å². The summed E-state index contributed by atoms with van der Waals surface area (Å²) in [5.74, 6) is 0.976. The van der Waals surface area contributed by atoms with Crippen LogP contribution < -0.4 is 0 Å². The first-order chi connectivity index (χ1) is 4.88. The molecule has 1 heteroatoms. The monoisotopic (exact) mass is 202 g/mol. The summed E-state index contributed by atoms with van der Waals surface area (Å²) in [5, 5.41) is 1.11. The summed E-state index contributed by atoms with van der Waals surface area (Å²) in [6.07, 6.45) is 7.77. The summed E-state index contributed by atoms with van der Waals surface area (Å²) in [6.45, 7) is 2.26. The molecule has 1 aliphatic carbocycles. The Morgan fingerprint density at radius 2 is 2.30 bits per heavy atom. The van der Waals surface area contributed by atoms with Crippen LogP contribution in [0.15, 0.2) is 11.6 Å². The molecule has 0 unspecified atom stereocenters. The predicted octanol–water partition coefficient (Wildman–Crippen LogP) is 3.52. The van der Waals surface area contributed by atoms with Crippen molar-refractivity contribution in [2.24, 2.45) is 5.92 Å². The fourth-order valence-corrected chi connectivity index (χ4v) is 1.52. The van der Waals surface area contributed by atoms with Crippen molar-refractivity contribution in [1.29, 1.82) is 0 Å². The minimum absolute atomic E-state index is 0.976. The highest BCUT2D eigenvalue weighted by Gasteiger charge is 2.23. The zero-order chi connectivity index (χ0) is 7.40. The van der Waals surface area contributed by atoms with E-state index in [1.54, 1.807) is 5.57 Å². The van der Waals surface area contributed by atoms with Gasteiger partial charge < -0.3 is 0 Å². The van der Waals surface area contributed by atoms with Crippen molar-refractivity contribution in [2.45, 2.75) is 32.6 Å². The summed E-state index contributed by atoms with van der Waals surface area (Å²) in [5.41, 5.74) is 1.69. The topological polar surface area (TPSA) is 0 Å². The summed E-state index contributed by atoms with van der Waals surface area (Å²) >= 11 is 3.43. The average molecular weight is 203 g/mol. The third-order valence-corrected chi connectivity index (χ3v) is 2.48. The lowest BCUT2D eigenvalue weighted by Crippen LogP contribution is -1.83. The molecule has 0 aliphatic heterocycles. The number of alkyl halides is 1. The molecule has 0 aromatic heterocycles. The minimum Gasteiger partial charge on any atom is -0.0925 e. The van der Waals surface area contributed by atoms with E-state index in [4.69, 9.17) is 0 Å². The van der Waals surface area contributed by atoms with Gasteiger partial charge in [-0.25, -0.2) is 0 Å². The zero-order valence-electron chi connectivity index (χ0n) is 6.57. The van der Waals surface area contributed by atoms with Gasteiger partial charge in [0.15, 0.2) is 0 Å². The van der Waals surface area contributed by atoms with Gasteiger partial charge in [-0.1, -0.05) is 34.5 Å². The molecule has 58 valence electrons. The molecule has 0 nitrogen and oxygen atoms in total. The van der Waals surface area contributed by atoms with E-state index in [1.807, 2.05) is 0 Å². The van der Waals surface area contributed by atoms with Gasteiger partial charge in [-0.3, -0.25) is 0 Å². The molecule has 1 rings (SSSR count). The van der Waals surface area contributed by atoms with Crippen LogP contribution in [-0.2, 0) is 0 Å². The molecule has 0 heterocycles. The van der Waals surface area contributed by atoms with Crippen LogP contribution in [0.4, 0.5) is 0 Å².